The molecule has 37 heavy (non-hydrogen) atoms. The number of anilines is 2. The van der Waals surface area contributed by atoms with E-state index >= 15 is 0 Å². The molecule has 0 radical (unpaired) electrons. The largest absolute Gasteiger partial charge is 0.456 e. The summed E-state index contributed by atoms with van der Waals surface area (Å²) in [5.74, 6) is 0. The van der Waals surface area contributed by atoms with Gasteiger partial charge in [0, 0.05) is 44.7 Å². The van der Waals surface area contributed by atoms with E-state index in [1.165, 1.54) is 44.3 Å². The van der Waals surface area contributed by atoms with E-state index in [1.54, 1.807) is 0 Å². The molecule has 0 unspecified atom stereocenters. The molecular weight excluding hydrogens is 450 g/mol. The van der Waals surface area contributed by atoms with E-state index in [0.717, 1.165) is 16.9 Å². The van der Waals surface area contributed by atoms with E-state index in [-0.39, 0.29) is 16.4 Å². The zero-order valence-corrected chi connectivity index (χ0v) is 23.4. The molecule has 5 aromatic rings. The van der Waals surface area contributed by atoms with Crippen molar-refractivity contribution in [2.45, 2.75) is 71.8 Å². The Labute approximate surface area is 220 Å². The fourth-order valence-electron chi connectivity index (χ4n) is 6.27. The molecule has 2 nitrogen and oxygen atoms in total. The number of fused-ring (bicyclic) bond motifs is 6. The summed E-state index contributed by atoms with van der Waals surface area (Å²) in [5, 5.41) is 2.36. The van der Waals surface area contributed by atoms with Crippen molar-refractivity contribution in [3.8, 4) is 11.1 Å². The number of para-hydroxylation sites is 1. The lowest BCUT2D eigenvalue weighted by Gasteiger charge is -2.38. The number of nitrogens with zero attached hydrogens (tertiary/aromatic N) is 1. The van der Waals surface area contributed by atoms with Crippen LogP contribution in [-0.4, -0.2) is 5.54 Å². The molecule has 0 saturated heterocycles. The summed E-state index contributed by atoms with van der Waals surface area (Å²) >= 11 is 0. The van der Waals surface area contributed by atoms with Crippen molar-refractivity contribution >= 4 is 33.3 Å². The third-order valence-corrected chi connectivity index (χ3v) is 8.04. The molecule has 1 aliphatic rings. The van der Waals surface area contributed by atoms with Crippen molar-refractivity contribution in [2.24, 2.45) is 0 Å². The van der Waals surface area contributed by atoms with Gasteiger partial charge in [0.1, 0.15) is 11.2 Å². The summed E-state index contributed by atoms with van der Waals surface area (Å²) in [4.78, 5) is 2.45. The normalized spacial score (nSPS) is 14.7. The molecule has 1 heterocycles. The topological polar surface area (TPSA) is 16.4 Å². The van der Waals surface area contributed by atoms with E-state index in [2.05, 4.69) is 139 Å². The smallest absolute Gasteiger partial charge is 0.139 e. The van der Waals surface area contributed by atoms with Gasteiger partial charge in [-0.15, -0.1) is 0 Å². The predicted octanol–water partition coefficient (Wildman–Crippen LogP) is 10.1. The first kappa shape index (κ1) is 23.9. The first-order valence-corrected chi connectivity index (χ1v) is 13.4. The van der Waals surface area contributed by atoms with Gasteiger partial charge in [0.15, 0.2) is 0 Å². The van der Waals surface area contributed by atoms with Crippen LogP contribution in [-0.2, 0) is 10.8 Å². The van der Waals surface area contributed by atoms with Crippen LogP contribution in [0, 0.1) is 0 Å². The van der Waals surface area contributed by atoms with E-state index in [0.29, 0.717) is 0 Å². The summed E-state index contributed by atoms with van der Waals surface area (Å²) in [7, 11) is 0. The van der Waals surface area contributed by atoms with Crippen LogP contribution < -0.4 is 4.90 Å². The van der Waals surface area contributed by atoms with Crippen molar-refractivity contribution in [1.82, 2.24) is 0 Å². The molecule has 6 rings (SSSR count). The van der Waals surface area contributed by atoms with Gasteiger partial charge >= 0.3 is 0 Å². The second kappa shape index (κ2) is 7.74. The molecule has 0 fully saturated rings. The Morgan fingerprint density at radius 2 is 1.32 bits per heavy atom. The monoisotopic (exact) mass is 487 g/mol. The number of furan rings is 1. The van der Waals surface area contributed by atoms with E-state index in [9.17, 15) is 0 Å². The Morgan fingerprint density at radius 3 is 2.05 bits per heavy atom. The fraction of sp³-hybridized carbons (Fsp3) is 0.314. The molecule has 0 atom stereocenters. The molecular formula is C35H37NO. The Balaban J connectivity index is 1.52. The molecule has 0 amide bonds. The molecule has 188 valence electrons. The number of rotatable bonds is 2. The maximum Gasteiger partial charge on any atom is 0.139 e. The Bertz CT molecular complexity index is 1670. The third-order valence-electron chi connectivity index (χ3n) is 8.04. The quantitative estimate of drug-likeness (QED) is 0.246. The molecule has 0 spiro atoms. The van der Waals surface area contributed by atoms with Crippen molar-refractivity contribution in [3.05, 3.63) is 95.6 Å². The molecule has 1 aromatic heterocycles. The van der Waals surface area contributed by atoms with Gasteiger partial charge in [-0.2, -0.15) is 0 Å². The second-order valence-electron chi connectivity index (χ2n) is 13.1. The summed E-state index contributed by atoms with van der Waals surface area (Å²) in [6, 6.07) is 29.1. The van der Waals surface area contributed by atoms with Gasteiger partial charge < -0.3 is 9.32 Å². The van der Waals surface area contributed by atoms with Crippen molar-refractivity contribution in [1.29, 1.82) is 0 Å². The molecule has 4 aromatic carbocycles. The van der Waals surface area contributed by atoms with Gasteiger partial charge in [-0.1, -0.05) is 83.1 Å². The SMILES string of the molecule is CC(C)(C)c1cccc2c1oc1cc(N(c3ccc4c(c3)C(C)(C)c3ccccc3-4)C(C)(C)C)ccc12. The van der Waals surface area contributed by atoms with Gasteiger partial charge in [-0.05, 0) is 72.7 Å². The summed E-state index contributed by atoms with van der Waals surface area (Å²) < 4.78 is 6.57. The van der Waals surface area contributed by atoms with Gasteiger partial charge in [0.2, 0.25) is 0 Å². The maximum absolute atomic E-state index is 6.57. The molecule has 1 aliphatic carbocycles. The van der Waals surface area contributed by atoms with Crippen LogP contribution in [0.4, 0.5) is 11.4 Å². The van der Waals surface area contributed by atoms with E-state index in [1.807, 2.05) is 0 Å². The molecule has 2 heteroatoms. The lowest BCUT2D eigenvalue weighted by Crippen LogP contribution is -2.37. The zero-order valence-electron chi connectivity index (χ0n) is 23.4. The lowest BCUT2D eigenvalue weighted by atomic mass is 9.82. The molecule has 0 aliphatic heterocycles. The fourth-order valence-corrected chi connectivity index (χ4v) is 6.27. The highest BCUT2D eigenvalue weighted by molar-refractivity contribution is 6.07. The number of hydrogen-bond donors (Lipinski definition) is 0. The van der Waals surface area contributed by atoms with Crippen LogP contribution in [0.2, 0.25) is 0 Å². The van der Waals surface area contributed by atoms with Crippen molar-refractivity contribution in [3.63, 3.8) is 0 Å². The van der Waals surface area contributed by atoms with Gasteiger partial charge in [0.05, 0.1) is 0 Å². The minimum absolute atomic E-state index is 0.0163. The standard InChI is InChI=1S/C35H37NO/c1-33(2,3)29-15-11-13-27-26-19-17-23(21-31(26)37-32(27)29)36(34(4,5)6)22-16-18-25-24-12-9-10-14-28(24)35(7,8)30(25)20-22/h9-21H,1-8H3. The molecule has 0 bridgehead atoms. The summed E-state index contributed by atoms with van der Waals surface area (Å²) in [6.07, 6.45) is 0. The average molecular weight is 488 g/mol. The Hall–Kier alpha value is -3.52. The average Bonchev–Trinajstić information content (AvgIpc) is 3.30. The summed E-state index contributed by atoms with van der Waals surface area (Å²) in [5.41, 5.74) is 10.9. The maximum atomic E-state index is 6.57. The van der Waals surface area contributed by atoms with Gasteiger partial charge in [-0.25, -0.2) is 0 Å². The number of benzene rings is 4. The lowest BCUT2D eigenvalue weighted by molar-refractivity contribution is 0.558. The predicted molar refractivity (Wildman–Crippen MR) is 158 cm³/mol. The molecule has 0 saturated carbocycles. The Kier molecular flexibility index (Phi) is 4.99. The van der Waals surface area contributed by atoms with Crippen LogP contribution in [0.5, 0.6) is 0 Å². The van der Waals surface area contributed by atoms with Crippen molar-refractivity contribution in [2.75, 3.05) is 4.90 Å². The van der Waals surface area contributed by atoms with Gasteiger partial charge in [-0.3, -0.25) is 0 Å². The van der Waals surface area contributed by atoms with Gasteiger partial charge in [0.25, 0.3) is 0 Å². The number of hydrogen-bond acceptors (Lipinski definition) is 2. The first-order chi connectivity index (χ1) is 17.4. The van der Waals surface area contributed by atoms with E-state index < -0.39 is 0 Å². The minimum Gasteiger partial charge on any atom is -0.456 e. The van der Waals surface area contributed by atoms with Crippen LogP contribution in [0.15, 0.2) is 83.3 Å². The second-order valence-corrected chi connectivity index (χ2v) is 13.1. The highest BCUT2D eigenvalue weighted by atomic mass is 16.3. The third kappa shape index (κ3) is 3.61. The zero-order chi connectivity index (χ0) is 26.3. The first-order valence-electron chi connectivity index (χ1n) is 13.4. The molecule has 0 N–H and O–H groups in total. The van der Waals surface area contributed by atoms with E-state index in [4.69, 9.17) is 4.42 Å². The van der Waals surface area contributed by atoms with Crippen LogP contribution in [0.1, 0.15) is 72.1 Å². The highest BCUT2D eigenvalue weighted by Gasteiger charge is 2.36. The van der Waals surface area contributed by atoms with Crippen LogP contribution >= 0.6 is 0 Å². The van der Waals surface area contributed by atoms with Crippen LogP contribution in [0.25, 0.3) is 33.1 Å². The minimum atomic E-state index is -0.125. The van der Waals surface area contributed by atoms with Crippen LogP contribution in [0.3, 0.4) is 0 Å². The highest BCUT2D eigenvalue weighted by Crippen LogP contribution is 2.50. The Morgan fingerprint density at radius 1 is 0.649 bits per heavy atom. The van der Waals surface area contributed by atoms with Crippen molar-refractivity contribution < 1.29 is 4.42 Å². The summed E-state index contributed by atoms with van der Waals surface area (Å²) in [6.45, 7) is 18.3.